The average Bonchev–Trinajstić information content (AvgIpc) is 2.94. The Morgan fingerprint density at radius 2 is 1.70 bits per heavy atom. The highest BCUT2D eigenvalue weighted by Gasteiger charge is 2.12. The SMILES string of the molecule is Cn1c(CCCCO)ccc1C(=O)CCCCc1ccccc1. The zero-order valence-corrected chi connectivity index (χ0v) is 14.0. The molecule has 2 rings (SSSR count). The van der Waals surface area contributed by atoms with E-state index in [0.717, 1.165) is 44.2 Å². The monoisotopic (exact) mass is 313 g/mol. The Morgan fingerprint density at radius 1 is 0.957 bits per heavy atom. The van der Waals surface area contributed by atoms with Crippen LogP contribution in [-0.4, -0.2) is 22.1 Å². The van der Waals surface area contributed by atoms with Crippen molar-refractivity contribution < 1.29 is 9.90 Å². The molecule has 1 aromatic heterocycles. The van der Waals surface area contributed by atoms with Gasteiger partial charge in [-0.15, -0.1) is 0 Å². The third-order valence-corrected chi connectivity index (χ3v) is 4.31. The fourth-order valence-electron chi connectivity index (χ4n) is 2.89. The number of hydrogen-bond donors (Lipinski definition) is 1. The third kappa shape index (κ3) is 5.36. The first kappa shape index (κ1) is 17.5. The molecule has 23 heavy (non-hydrogen) atoms. The van der Waals surface area contributed by atoms with Crippen LogP contribution in [-0.2, 0) is 19.9 Å². The van der Waals surface area contributed by atoms with Gasteiger partial charge >= 0.3 is 0 Å². The number of carbonyl (C=O) groups excluding carboxylic acids is 1. The molecule has 0 saturated heterocycles. The topological polar surface area (TPSA) is 42.2 Å². The second kappa shape index (κ2) is 9.31. The number of aromatic nitrogens is 1. The van der Waals surface area contributed by atoms with E-state index in [2.05, 4.69) is 24.3 Å². The number of Topliss-reactive ketones (excluding diaryl/α,β-unsaturated/α-hetero) is 1. The molecule has 3 nitrogen and oxygen atoms in total. The summed E-state index contributed by atoms with van der Waals surface area (Å²) in [6.07, 6.45) is 6.31. The first-order chi connectivity index (χ1) is 11.2. The second-order valence-corrected chi connectivity index (χ2v) is 6.07. The number of aliphatic hydroxyl groups excluding tert-OH is 1. The number of benzene rings is 1. The molecule has 0 aliphatic heterocycles. The van der Waals surface area contributed by atoms with E-state index >= 15 is 0 Å². The maximum Gasteiger partial charge on any atom is 0.179 e. The minimum Gasteiger partial charge on any atom is -0.396 e. The lowest BCUT2D eigenvalue weighted by Crippen LogP contribution is -2.08. The molecule has 0 radical (unpaired) electrons. The fraction of sp³-hybridized carbons (Fsp3) is 0.450. The zero-order chi connectivity index (χ0) is 16.5. The van der Waals surface area contributed by atoms with Crippen molar-refractivity contribution in [3.05, 3.63) is 59.4 Å². The highest BCUT2D eigenvalue weighted by atomic mass is 16.2. The third-order valence-electron chi connectivity index (χ3n) is 4.31. The zero-order valence-electron chi connectivity index (χ0n) is 14.0. The van der Waals surface area contributed by atoms with Gasteiger partial charge in [-0.1, -0.05) is 30.3 Å². The molecule has 124 valence electrons. The molecule has 0 bridgehead atoms. The van der Waals surface area contributed by atoms with Crippen LogP contribution in [0.25, 0.3) is 0 Å². The van der Waals surface area contributed by atoms with Crippen LogP contribution in [0, 0.1) is 0 Å². The first-order valence-corrected chi connectivity index (χ1v) is 8.55. The molecule has 0 spiro atoms. The largest absolute Gasteiger partial charge is 0.396 e. The highest BCUT2D eigenvalue weighted by Crippen LogP contribution is 2.14. The van der Waals surface area contributed by atoms with Gasteiger partial charge < -0.3 is 9.67 Å². The molecule has 1 aromatic carbocycles. The van der Waals surface area contributed by atoms with Gasteiger partial charge in [0, 0.05) is 25.8 Å². The van der Waals surface area contributed by atoms with Gasteiger partial charge in [-0.25, -0.2) is 0 Å². The Kier molecular flexibility index (Phi) is 7.08. The van der Waals surface area contributed by atoms with Gasteiger partial charge in [0.1, 0.15) is 0 Å². The van der Waals surface area contributed by atoms with Crippen LogP contribution in [0.2, 0.25) is 0 Å². The lowest BCUT2D eigenvalue weighted by atomic mass is 10.0. The molecule has 0 atom stereocenters. The molecule has 0 saturated carbocycles. The number of aliphatic hydroxyl groups is 1. The number of carbonyl (C=O) groups is 1. The van der Waals surface area contributed by atoms with Gasteiger partial charge in [-0.2, -0.15) is 0 Å². The van der Waals surface area contributed by atoms with E-state index in [4.69, 9.17) is 5.11 Å². The van der Waals surface area contributed by atoms with Gasteiger partial charge in [0.2, 0.25) is 0 Å². The standard InChI is InChI=1S/C20H27NO2/c1-21-18(12-7-8-16-22)14-15-19(21)20(23)13-6-5-11-17-9-3-2-4-10-17/h2-4,9-10,14-15,22H,5-8,11-13,16H2,1H3. The molecule has 0 aliphatic carbocycles. The number of rotatable bonds is 10. The van der Waals surface area contributed by atoms with Crippen molar-refractivity contribution in [1.82, 2.24) is 4.57 Å². The smallest absolute Gasteiger partial charge is 0.179 e. The summed E-state index contributed by atoms with van der Waals surface area (Å²) in [5.41, 5.74) is 3.32. The minimum absolute atomic E-state index is 0.231. The van der Waals surface area contributed by atoms with Gasteiger partial charge in [-0.3, -0.25) is 4.79 Å². The molecular weight excluding hydrogens is 286 g/mol. The summed E-state index contributed by atoms with van der Waals surface area (Å²) in [6, 6.07) is 14.4. The van der Waals surface area contributed by atoms with Gasteiger partial charge in [-0.05, 0) is 56.2 Å². The molecule has 2 aromatic rings. The number of ketones is 1. The van der Waals surface area contributed by atoms with Crippen LogP contribution in [0.1, 0.15) is 53.8 Å². The maximum absolute atomic E-state index is 12.4. The Bertz CT molecular complexity index is 601. The Labute approximate surface area is 139 Å². The Hall–Kier alpha value is -1.87. The summed E-state index contributed by atoms with van der Waals surface area (Å²) in [4.78, 5) is 12.4. The molecule has 1 N–H and O–H groups in total. The molecule has 3 heteroatoms. The average molecular weight is 313 g/mol. The van der Waals surface area contributed by atoms with Crippen LogP contribution in [0.5, 0.6) is 0 Å². The molecular formula is C20H27NO2. The predicted octanol–water partition coefficient (Wildman–Crippen LogP) is 3.94. The van der Waals surface area contributed by atoms with Crippen LogP contribution in [0.15, 0.2) is 42.5 Å². The van der Waals surface area contributed by atoms with E-state index < -0.39 is 0 Å². The molecule has 0 fully saturated rings. The summed E-state index contributed by atoms with van der Waals surface area (Å²) in [7, 11) is 1.96. The number of unbranched alkanes of at least 4 members (excludes halogenated alkanes) is 2. The van der Waals surface area contributed by atoms with E-state index in [9.17, 15) is 4.79 Å². The van der Waals surface area contributed by atoms with Crippen molar-refractivity contribution in [3.63, 3.8) is 0 Å². The van der Waals surface area contributed by atoms with Crippen molar-refractivity contribution in [3.8, 4) is 0 Å². The molecule has 0 aliphatic rings. The lowest BCUT2D eigenvalue weighted by Gasteiger charge is -2.07. The van der Waals surface area contributed by atoms with E-state index in [-0.39, 0.29) is 12.4 Å². The van der Waals surface area contributed by atoms with E-state index in [0.29, 0.717) is 6.42 Å². The van der Waals surface area contributed by atoms with Crippen molar-refractivity contribution in [2.45, 2.75) is 44.9 Å². The molecule has 0 unspecified atom stereocenters. The van der Waals surface area contributed by atoms with Gasteiger partial charge in [0.05, 0.1) is 5.69 Å². The predicted molar refractivity (Wildman–Crippen MR) is 93.8 cm³/mol. The van der Waals surface area contributed by atoms with Gasteiger partial charge in [0.15, 0.2) is 5.78 Å². The van der Waals surface area contributed by atoms with E-state index in [1.54, 1.807) is 0 Å². The number of hydrogen-bond acceptors (Lipinski definition) is 2. The number of aryl methyl sites for hydroxylation is 2. The first-order valence-electron chi connectivity index (χ1n) is 8.55. The van der Waals surface area contributed by atoms with Crippen molar-refractivity contribution >= 4 is 5.78 Å². The summed E-state index contributed by atoms with van der Waals surface area (Å²) in [5, 5.41) is 8.85. The summed E-state index contributed by atoms with van der Waals surface area (Å²) in [6.45, 7) is 0.234. The minimum atomic E-state index is 0.231. The van der Waals surface area contributed by atoms with Crippen molar-refractivity contribution in [1.29, 1.82) is 0 Å². The fourth-order valence-corrected chi connectivity index (χ4v) is 2.89. The molecule has 1 heterocycles. The van der Waals surface area contributed by atoms with Gasteiger partial charge in [0.25, 0.3) is 0 Å². The van der Waals surface area contributed by atoms with Crippen LogP contribution in [0.4, 0.5) is 0 Å². The van der Waals surface area contributed by atoms with Crippen LogP contribution in [0.3, 0.4) is 0 Å². The Morgan fingerprint density at radius 3 is 2.43 bits per heavy atom. The van der Waals surface area contributed by atoms with E-state index in [1.165, 1.54) is 11.3 Å². The van der Waals surface area contributed by atoms with Crippen LogP contribution < -0.4 is 0 Å². The summed E-state index contributed by atoms with van der Waals surface area (Å²) in [5.74, 6) is 0.231. The summed E-state index contributed by atoms with van der Waals surface area (Å²) >= 11 is 0. The Balaban J connectivity index is 1.77. The van der Waals surface area contributed by atoms with Crippen molar-refractivity contribution in [2.24, 2.45) is 7.05 Å². The van der Waals surface area contributed by atoms with Crippen LogP contribution >= 0.6 is 0 Å². The van der Waals surface area contributed by atoms with Crippen molar-refractivity contribution in [2.75, 3.05) is 6.61 Å². The second-order valence-electron chi connectivity index (χ2n) is 6.07. The lowest BCUT2D eigenvalue weighted by molar-refractivity contribution is 0.0971. The highest BCUT2D eigenvalue weighted by molar-refractivity contribution is 5.94. The van der Waals surface area contributed by atoms with E-state index in [1.807, 2.05) is 29.8 Å². The number of nitrogens with zero attached hydrogens (tertiary/aromatic N) is 1. The maximum atomic E-state index is 12.4. The summed E-state index contributed by atoms with van der Waals surface area (Å²) < 4.78 is 2.01. The normalized spacial score (nSPS) is 10.9. The quantitative estimate of drug-likeness (QED) is 0.533. The molecule has 0 amide bonds.